The summed E-state index contributed by atoms with van der Waals surface area (Å²) < 4.78 is 1.19. The standard InChI is InChI=1S/C19H19N3OS/c1-13-6-8-14(9-7-13)10-20-18(23)15-11-22(12-15)19-21-16-4-2-3-5-17(16)24-19/h2-9,15H,10-12H2,1H3,(H,20,23). The number of aryl methyl sites for hydroxylation is 1. The third-order valence-electron chi connectivity index (χ3n) is 4.39. The molecule has 122 valence electrons. The van der Waals surface area contributed by atoms with Gasteiger partial charge in [0, 0.05) is 19.6 Å². The predicted octanol–water partition coefficient (Wildman–Crippen LogP) is 3.36. The highest BCUT2D eigenvalue weighted by Gasteiger charge is 2.34. The summed E-state index contributed by atoms with van der Waals surface area (Å²) >= 11 is 1.69. The normalized spacial score (nSPS) is 14.6. The Kier molecular flexibility index (Phi) is 3.94. The molecule has 0 saturated carbocycles. The van der Waals surface area contributed by atoms with Crippen molar-refractivity contribution in [3.63, 3.8) is 0 Å². The molecule has 0 spiro atoms. The summed E-state index contributed by atoms with van der Waals surface area (Å²) in [4.78, 5) is 19.1. The Balaban J connectivity index is 1.31. The molecule has 2 heterocycles. The first-order chi connectivity index (χ1) is 11.7. The first kappa shape index (κ1) is 15.1. The van der Waals surface area contributed by atoms with Crippen LogP contribution in [-0.4, -0.2) is 24.0 Å². The molecule has 2 aromatic carbocycles. The van der Waals surface area contributed by atoms with Crippen molar-refractivity contribution in [2.45, 2.75) is 13.5 Å². The van der Waals surface area contributed by atoms with Crippen LogP contribution in [-0.2, 0) is 11.3 Å². The molecule has 0 atom stereocenters. The van der Waals surface area contributed by atoms with Gasteiger partial charge in [0.15, 0.2) is 5.13 Å². The fourth-order valence-corrected chi connectivity index (χ4v) is 3.82. The predicted molar refractivity (Wildman–Crippen MR) is 98.3 cm³/mol. The number of hydrogen-bond donors (Lipinski definition) is 1. The molecule has 3 aromatic rings. The van der Waals surface area contributed by atoms with Crippen molar-refractivity contribution in [2.24, 2.45) is 5.92 Å². The molecule has 4 rings (SSSR count). The maximum Gasteiger partial charge on any atom is 0.226 e. The highest BCUT2D eigenvalue weighted by molar-refractivity contribution is 7.22. The number of hydrogen-bond acceptors (Lipinski definition) is 4. The molecule has 0 radical (unpaired) electrons. The van der Waals surface area contributed by atoms with Crippen LogP contribution in [0.15, 0.2) is 48.5 Å². The third-order valence-corrected chi connectivity index (χ3v) is 5.49. The lowest BCUT2D eigenvalue weighted by molar-refractivity contribution is -0.125. The Morgan fingerprint density at radius 2 is 1.96 bits per heavy atom. The van der Waals surface area contributed by atoms with Crippen molar-refractivity contribution in [2.75, 3.05) is 18.0 Å². The lowest BCUT2D eigenvalue weighted by atomic mass is 10.00. The van der Waals surface area contributed by atoms with E-state index < -0.39 is 0 Å². The van der Waals surface area contributed by atoms with Gasteiger partial charge in [0.05, 0.1) is 16.1 Å². The maximum atomic E-state index is 12.3. The highest BCUT2D eigenvalue weighted by Crippen LogP contribution is 2.32. The van der Waals surface area contributed by atoms with Crippen LogP contribution >= 0.6 is 11.3 Å². The van der Waals surface area contributed by atoms with E-state index in [9.17, 15) is 4.79 Å². The number of nitrogens with one attached hydrogen (secondary N) is 1. The molecule has 1 fully saturated rings. The van der Waals surface area contributed by atoms with Crippen LogP contribution in [0, 0.1) is 12.8 Å². The van der Waals surface area contributed by atoms with Crippen molar-refractivity contribution in [3.05, 3.63) is 59.7 Å². The van der Waals surface area contributed by atoms with Crippen molar-refractivity contribution in [1.29, 1.82) is 0 Å². The number of nitrogens with zero attached hydrogens (tertiary/aromatic N) is 2. The lowest BCUT2D eigenvalue weighted by Gasteiger charge is -2.37. The first-order valence-electron chi connectivity index (χ1n) is 8.13. The smallest absolute Gasteiger partial charge is 0.226 e. The van der Waals surface area contributed by atoms with Crippen molar-refractivity contribution in [1.82, 2.24) is 10.3 Å². The van der Waals surface area contributed by atoms with Gasteiger partial charge >= 0.3 is 0 Å². The average Bonchev–Trinajstić information content (AvgIpc) is 2.96. The van der Waals surface area contributed by atoms with Gasteiger partial charge in [0.25, 0.3) is 0 Å². The van der Waals surface area contributed by atoms with Gasteiger partial charge in [0.1, 0.15) is 0 Å². The van der Waals surface area contributed by atoms with Crippen molar-refractivity contribution >= 4 is 32.6 Å². The molecule has 1 aliphatic rings. The van der Waals surface area contributed by atoms with Crippen LogP contribution in [0.4, 0.5) is 5.13 Å². The second-order valence-corrected chi connectivity index (χ2v) is 7.28. The molecular weight excluding hydrogens is 318 g/mol. The fraction of sp³-hybridized carbons (Fsp3) is 0.263. The zero-order valence-corrected chi connectivity index (χ0v) is 14.3. The topological polar surface area (TPSA) is 45.2 Å². The molecule has 0 aliphatic carbocycles. The van der Waals surface area contributed by atoms with E-state index in [0.717, 1.165) is 29.3 Å². The summed E-state index contributed by atoms with van der Waals surface area (Å²) in [6, 6.07) is 16.4. The summed E-state index contributed by atoms with van der Waals surface area (Å²) in [6.07, 6.45) is 0. The van der Waals surface area contributed by atoms with Gasteiger partial charge in [-0.1, -0.05) is 53.3 Å². The van der Waals surface area contributed by atoms with Crippen LogP contribution in [0.1, 0.15) is 11.1 Å². The highest BCUT2D eigenvalue weighted by atomic mass is 32.1. The summed E-state index contributed by atoms with van der Waals surface area (Å²) in [6.45, 7) is 4.16. The van der Waals surface area contributed by atoms with E-state index in [-0.39, 0.29) is 11.8 Å². The maximum absolute atomic E-state index is 12.3. The molecule has 1 amide bonds. The Morgan fingerprint density at radius 3 is 2.71 bits per heavy atom. The number of benzene rings is 2. The van der Waals surface area contributed by atoms with Gasteiger partial charge in [-0.15, -0.1) is 0 Å². The number of carbonyl (C=O) groups is 1. The van der Waals surface area contributed by atoms with Gasteiger partial charge in [-0.05, 0) is 24.6 Å². The molecule has 5 heteroatoms. The first-order valence-corrected chi connectivity index (χ1v) is 8.94. The van der Waals surface area contributed by atoms with Gasteiger partial charge in [-0.3, -0.25) is 4.79 Å². The monoisotopic (exact) mass is 337 g/mol. The Labute approximate surface area is 145 Å². The quantitative estimate of drug-likeness (QED) is 0.794. The molecule has 0 unspecified atom stereocenters. The Bertz CT molecular complexity index is 833. The number of aromatic nitrogens is 1. The number of para-hydroxylation sites is 1. The fourth-order valence-electron chi connectivity index (χ4n) is 2.84. The van der Waals surface area contributed by atoms with Crippen LogP contribution in [0.2, 0.25) is 0 Å². The zero-order chi connectivity index (χ0) is 16.5. The van der Waals surface area contributed by atoms with E-state index >= 15 is 0 Å². The SMILES string of the molecule is Cc1ccc(CNC(=O)C2CN(c3nc4ccccc4s3)C2)cc1. The Morgan fingerprint density at radius 1 is 1.21 bits per heavy atom. The average molecular weight is 337 g/mol. The summed E-state index contributed by atoms with van der Waals surface area (Å²) in [7, 11) is 0. The van der Waals surface area contributed by atoms with Gasteiger partial charge < -0.3 is 10.2 Å². The summed E-state index contributed by atoms with van der Waals surface area (Å²) in [5.74, 6) is 0.190. The number of rotatable bonds is 4. The van der Waals surface area contributed by atoms with Crippen LogP contribution in [0.25, 0.3) is 10.2 Å². The second kappa shape index (κ2) is 6.24. The van der Waals surface area contributed by atoms with Gasteiger partial charge in [-0.2, -0.15) is 0 Å². The summed E-state index contributed by atoms with van der Waals surface area (Å²) in [5.41, 5.74) is 3.40. The van der Waals surface area contributed by atoms with E-state index in [1.807, 2.05) is 18.2 Å². The van der Waals surface area contributed by atoms with E-state index in [0.29, 0.717) is 6.54 Å². The van der Waals surface area contributed by atoms with Crippen LogP contribution < -0.4 is 10.2 Å². The van der Waals surface area contributed by atoms with Gasteiger partial charge in [0.2, 0.25) is 5.91 Å². The van der Waals surface area contributed by atoms with E-state index in [2.05, 4.69) is 52.5 Å². The Hall–Kier alpha value is -2.40. The molecule has 1 saturated heterocycles. The number of thiazole rings is 1. The van der Waals surface area contributed by atoms with Crippen molar-refractivity contribution < 1.29 is 4.79 Å². The minimum atomic E-state index is 0.0578. The van der Waals surface area contributed by atoms with E-state index in [1.54, 1.807) is 11.3 Å². The van der Waals surface area contributed by atoms with Gasteiger partial charge in [-0.25, -0.2) is 4.98 Å². The molecule has 1 aromatic heterocycles. The molecule has 0 bridgehead atoms. The van der Waals surface area contributed by atoms with Crippen LogP contribution in [0.5, 0.6) is 0 Å². The third kappa shape index (κ3) is 2.99. The van der Waals surface area contributed by atoms with Crippen molar-refractivity contribution in [3.8, 4) is 0 Å². The largest absolute Gasteiger partial charge is 0.352 e. The molecular formula is C19H19N3OS. The number of carbonyl (C=O) groups excluding carboxylic acids is 1. The van der Waals surface area contributed by atoms with E-state index in [1.165, 1.54) is 10.3 Å². The molecule has 4 nitrogen and oxygen atoms in total. The minimum Gasteiger partial charge on any atom is -0.352 e. The summed E-state index contributed by atoms with van der Waals surface area (Å²) in [5, 5.41) is 4.05. The second-order valence-electron chi connectivity index (χ2n) is 6.27. The number of anilines is 1. The minimum absolute atomic E-state index is 0.0578. The van der Waals surface area contributed by atoms with E-state index in [4.69, 9.17) is 0 Å². The molecule has 1 N–H and O–H groups in total. The molecule has 1 aliphatic heterocycles. The zero-order valence-electron chi connectivity index (χ0n) is 13.5. The van der Waals surface area contributed by atoms with Crippen LogP contribution in [0.3, 0.4) is 0 Å². The number of amides is 1. The lowest BCUT2D eigenvalue weighted by Crippen LogP contribution is -2.53. The molecule has 24 heavy (non-hydrogen) atoms. The number of fused-ring (bicyclic) bond motifs is 1.